The summed E-state index contributed by atoms with van der Waals surface area (Å²) in [6.07, 6.45) is 0.838. The summed E-state index contributed by atoms with van der Waals surface area (Å²) >= 11 is 18.0. The fourth-order valence-corrected chi connectivity index (χ4v) is 5.66. The van der Waals surface area contributed by atoms with Gasteiger partial charge in [-0.2, -0.15) is 0 Å². The zero-order chi connectivity index (χ0) is 21.9. The van der Waals surface area contributed by atoms with E-state index in [0.29, 0.717) is 44.9 Å². The molecule has 1 saturated heterocycles. The van der Waals surface area contributed by atoms with Crippen molar-refractivity contribution in [3.8, 4) is 5.75 Å². The number of sulfonamides is 1. The molecule has 6 nitrogen and oxygen atoms in total. The van der Waals surface area contributed by atoms with Crippen molar-refractivity contribution in [2.45, 2.75) is 18.6 Å². The molecule has 1 N–H and O–H groups in total. The van der Waals surface area contributed by atoms with Crippen LogP contribution < -0.4 is 10.1 Å². The lowest BCUT2D eigenvalue weighted by molar-refractivity contribution is -0.120. The van der Waals surface area contributed by atoms with Crippen LogP contribution in [0.3, 0.4) is 0 Å². The molecule has 2 aromatic rings. The van der Waals surface area contributed by atoms with E-state index in [2.05, 4.69) is 5.32 Å². The van der Waals surface area contributed by atoms with Crippen LogP contribution in [-0.4, -0.2) is 38.8 Å². The molecular weight excluding hydrogens is 471 g/mol. The van der Waals surface area contributed by atoms with Crippen LogP contribution in [0.2, 0.25) is 15.1 Å². The quantitative estimate of drug-likeness (QED) is 0.627. The zero-order valence-electron chi connectivity index (χ0n) is 16.2. The maximum absolute atomic E-state index is 12.8. The number of hydrogen-bond acceptors (Lipinski definition) is 4. The highest BCUT2D eigenvalue weighted by molar-refractivity contribution is 7.88. The van der Waals surface area contributed by atoms with Gasteiger partial charge >= 0.3 is 0 Å². The molecule has 0 radical (unpaired) electrons. The van der Waals surface area contributed by atoms with Gasteiger partial charge < -0.3 is 10.1 Å². The third kappa shape index (κ3) is 5.59. The first-order valence-corrected chi connectivity index (χ1v) is 12.0. The van der Waals surface area contributed by atoms with E-state index >= 15 is 0 Å². The fourth-order valence-electron chi connectivity index (χ4n) is 3.34. The summed E-state index contributed by atoms with van der Waals surface area (Å²) in [6, 6.07) is 9.71. The van der Waals surface area contributed by atoms with E-state index in [4.69, 9.17) is 39.5 Å². The summed E-state index contributed by atoms with van der Waals surface area (Å²) in [7, 11) is -2.05. The summed E-state index contributed by atoms with van der Waals surface area (Å²) in [5, 5.41) is 4.08. The first-order valence-electron chi connectivity index (χ1n) is 9.26. The topological polar surface area (TPSA) is 75.7 Å². The molecule has 0 aromatic heterocycles. The lowest BCUT2D eigenvalue weighted by Crippen LogP contribution is -2.41. The minimum absolute atomic E-state index is 0.187. The Labute approximate surface area is 191 Å². The number of ether oxygens (including phenoxy) is 1. The molecule has 2 aromatic carbocycles. The van der Waals surface area contributed by atoms with Gasteiger partial charge in [-0.1, -0.05) is 40.9 Å². The third-order valence-electron chi connectivity index (χ3n) is 4.99. The largest absolute Gasteiger partial charge is 0.495 e. The molecule has 10 heteroatoms. The Morgan fingerprint density at radius 3 is 2.37 bits per heavy atom. The van der Waals surface area contributed by atoms with Crippen LogP contribution in [0.4, 0.5) is 5.69 Å². The van der Waals surface area contributed by atoms with Crippen LogP contribution in [0.1, 0.15) is 18.4 Å². The number of benzene rings is 2. The smallest absolute Gasteiger partial charge is 0.227 e. The third-order valence-corrected chi connectivity index (χ3v) is 7.64. The van der Waals surface area contributed by atoms with Crippen LogP contribution in [-0.2, 0) is 20.6 Å². The second kappa shape index (κ2) is 9.75. The predicted molar refractivity (Wildman–Crippen MR) is 120 cm³/mol. The average molecular weight is 492 g/mol. The highest BCUT2D eigenvalue weighted by atomic mass is 35.5. The van der Waals surface area contributed by atoms with Gasteiger partial charge in [0.15, 0.2) is 0 Å². The van der Waals surface area contributed by atoms with Crippen molar-refractivity contribution in [3.05, 3.63) is 57.0 Å². The van der Waals surface area contributed by atoms with E-state index in [9.17, 15) is 13.2 Å². The van der Waals surface area contributed by atoms with Crippen LogP contribution in [0, 0.1) is 5.92 Å². The number of nitrogens with one attached hydrogen (secondary N) is 1. The number of methoxy groups -OCH3 is 1. The number of hydrogen-bond donors (Lipinski definition) is 1. The van der Waals surface area contributed by atoms with E-state index in [-0.39, 0.29) is 30.7 Å². The van der Waals surface area contributed by atoms with Gasteiger partial charge in [-0.25, -0.2) is 12.7 Å². The number of rotatable bonds is 6. The summed E-state index contributed by atoms with van der Waals surface area (Å²) in [4.78, 5) is 12.7. The summed E-state index contributed by atoms with van der Waals surface area (Å²) in [5.74, 6) is -0.195. The van der Waals surface area contributed by atoms with Gasteiger partial charge in [0.1, 0.15) is 5.75 Å². The molecule has 1 aliphatic rings. The minimum atomic E-state index is -3.56. The minimum Gasteiger partial charge on any atom is -0.495 e. The van der Waals surface area contributed by atoms with Gasteiger partial charge in [0.2, 0.25) is 15.9 Å². The number of nitrogens with zero attached hydrogens (tertiary/aromatic N) is 1. The molecule has 0 atom stereocenters. The van der Waals surface area contributed by atoms with Crippen LogP contribution >= 0.6 is 34.8 Å². The van der Waals surface area contributed by atoms with E-state index in [0.717, 1.165) is 0 Å². The van der Waals surface area contributed by atoms with E-state index in [1.54, 1.807) is 30.3 Å². The predicted octanol–water partition coefficient (Wildman–Crippen LogP) is 4.84. The van der Waals surface area contributed by atoms with Gasteiger partial charge in [-0.3, -0.25) is 4.79 Å². The molecule has 0 aliphatic carbocycles. The first kappa shape index (κ1) is 23.2. The molecule has 30 heavy (non-hydrogen) atoms. The Kier molecular flexibility index (Phi) is 7.52. The van der Waals surface area contributed by atoms with Gasteiger partial charge in [0.05, 0.1) is 18.6 Å². The van der Waals surface area contributed by atoms with Crippen molar-refractivity contribution >= 4 is 56.4 Å². The van der Waals surface area contributed by atoms with Crippen LogP contribution in [0.15, 0.2) is 36.4 Å². The fraction of sp³-hybridized carbons (Fsp3) is 0.350. The Morgan fingerprint density at radius 2 is 1.73 bits per heavy atom. The van der Waals surface area contributed by atoms with Crippen molar-refractivity contribution in [3.63, 3.8) is 0 Å². The lowest BCUT2D eigenvalue weighted by Gasteiger charge is -2.30. The van der Waals surface area contributed by atoms with Crippen molar-refractivity contribution in [1.82, 2.24) is 4.31 Å². The second-order valence-electron chi connectivity index (χ2n) is 7.00. The second-order valence-corrected chi connectivity index (χ2v) is 10.2. The summed E-state index contributed by atoms with van der Waals surface area (Å²) < 4.78 is 32.2. The molecule has 1 aliphatic heterocycles. The van der Waals surface area contributed by atoms with Crippen molar-refractivity contribution in [2.75, 3.05) is 25.5 Å². The first-order chi connectivity index (χ1) is 14.2. The van der Waals surface area contributed by atoms with Gasteiger partial charge in [0.25, 0.3) is 0 Å². The van der Waals surface area contributed by atoms with E-state index < -0.39 is 10.0 Å². The highest BCUT2D eigenvalue weighted by Gasteiger charge is 2.31. The molecule has 1 heterocycles. The number of carbonyl (C=O) groups is 1. The number of anilines is 1. The Balaban J connectivity index is 1.61. The van der Waals surface area contributed by atoms with Crippen LogP contribution in [0.25, 0.3) is 0 Å². The molecule has 0 bridgehead atoms. The lowest BCUT2D eigenvalue weighted by atomic mass is 9.97. The van der Waals surface area contributed by atoms with Crippen molar-refractivity contribution < 1.29 is 17.9 Å². The monoisotopic (exact) mass is 490 g/mol. The van der Waals surface area contributed by atoms with E-state index in [1.165, 1.54) is 17.5 Å². The van der Waals surface area contributed by atoms with Crippen molar-refractivity contribution in [2.24, 2.45) is 5.92 Å². The Bertz CT molecular complexity index is 1040. The van der Waals surface area contributed by atoms with E-state index in [1.807, 2.05) is 0 Å². The van der Waals surface area contributed by atoms with Gasteiger partial charge in [0, 0.05) is 34.1 Å². The average Bonchev–Trinajstić information content (AvgIpc) is 2.70. The summed E-state index contributed by atoms with van der Waals surface area (Å²) in [5.41, 5.74) is 0.983. The van der Waals surface area contributed by atoms with Crippen molar-refractivity contribution in [1.29, 1.82) is 0 Å². The molecule has 0 saturated carbocycles. The highest BCUT2D eigenvalue weighted by Crippen LogP contribution is 2.30. The number of piperidine rings is 1. The SMILES string of the molecule is COc1ccc(Cl)cc1NC(=O)C1CCN(S(=O)(=O)Cc2ccc(Cl)cc2Cl)CC1. The Hall–Kier alpha value is -1.51. The molecule has 1 amide bonds. The maximum atomic E-state index is 12.8. The normalized spacial score (nSPS) is 15.7. The molecule has 162 valence electrons. The molecule has 0 unspecified atom stereocenters. The zero-order valence-corrected chi connectivity index (χ0v) is 19.3. The van der Waals surface area contributed by atoms with Crippen LogP contribution in [0.5, 0.6) is 5.75 Å². The molecule has 1 fully saturated rings. The maximum Gasteiger partial charge on any atom is 0.227 e. The van der Waals surface area contributed by atoms with Gasteiger partial charge in [-0.05, 0) is 48.7 Å². The number of amides is 1. The number of halogens is 3. The molecular formula is C20H21Cl3N2O4S. The molecule has 0 spiro atoms. The van der Waals surface area contributed by atoms with Gasteiger partial charge in [-0.15, -0.1) is 0 Å². The molecule has 3 rings (SSSR count). The standard InChI is InChI=1S/C20H21Cl3N2O4S/c1-29-19-5-4-16(22)11-18(19)24-20(26)13-6-8-25(9-7-13)30(27,28)12-14-2-3-15(21)10-17(14)23/h2-5,10-11,13H,6-9,12H2,1H3,(H,24,26). The summed E-state index contributed by atoms with van der Waals surface area (Å²) in [6.45, 7) is 0.524. The number of carbonyl (C=O) groups excluding carboxylic acids is 1. The Morgan fingerprint density at radius 1 is 1.10 bits per heavy atom.